The van der Waals surface area contributed by atoms with Gasteiger partial charge in [0.2, 0.25) is 0 Å². The molecule has 1 aliphatic carbocycles. The molecule has 1 N–H and O–H groups in total. The summed E-state index contributed by atoms with van der Waals surface area (Å²) in [5, 5.41) is 9.81. The molecule has 0 radical (unpaired) electrons. The van der Waals surface area contributed by atoms with Crippen LogP contribution in [-0.4, -0.2) is 11.7 Å². The monoisotopic (exact) mass is 210 g/mol. The molecule has 1 aromatic carbocycles. The van der Waals surface area contributed by atoms with Crippen molar-refractivity contribution in [2.75, 3.05) is 6.61 Å². The van der Waals surface area contributed by atoms with Crippen LogP contribution in [0.25, 0.3) is 0 Å². The van der Waals surface area contributed by atoms with Gasteiger partial charge in [-0.2, -0.15) is 0 Å². The van der Waals surface area contributed by atoms with Gasteiger partial charge in [-0.3, -0.25) is 0 Å². The van der Waals surface area contributed by atoms with E-state index in [0.717, 1.165) is 17.4 Å². The number of aliphatic hydroxyl groups is 1. The van der Waals surface area contributed by atoms with Gasteiger partial charge in [0.05, 0.1) is 0 Å². The van der Waals surface area contributed by atoms with Gasteiger partial charge in [-0.05, 0) is 48.8 Å². The van der Waals surface area contributed by atoms with Gasteiger partial charge in [0.15, 0.2) is 0 Å². The van der Waals surface area contributed by atoms with Gasteiger partial charge in [-0.1, -0.05) is 23.7 Å². The van der Waals surface area contributed by atoms with E-state index in [-0.39, 0.29) is 6.61 Å². The minimum Gasteiger partial charge on any atom is -0.396 e. The molecular formula is C12H15ClO. The van der Waals surface area contributed by atoms with Gasteiger partial charge in [0.25, 0.3) is 0 Å². The molecule has 0 amide bonds. The minimum absolute atomic E-state index is 0.272. The van der Waals surface area contributed by atoms with Gasteiger partial charge in [-0.25, -0.2) is 0 Å². The Morgan fingerprint density at radius 2 is 2.21 bits per heavy atom. The minimum atomic E-state index is 0.272. The van der Waals surface area contributed by atoms with E-state index in [4.69, 9.17) is 16.7 Å². The quantitative estimate of drug-likeness (QED) is 0.809. The fraction of sp³-hybridized carbons (Fsp3) is 0.500. The van der Waals surface area contributed by atoms with Gasteiger partial charge < -0.3 is 5.11 Å². The van der Waals surface area contributed by atoms with E-state index in [9.17, 15) is 0 Å². The maximum atomic E-state index is 9.01. The molecule has 1 unspecified atom stereocenters. The van der Waals surface area contributed by atoms with Gasteiger partial charge >= 0.3 is 0 Å². The standard InChI is InChI=1S/C12H15ClO/c13-11-3-1-2-10(8-11)12(6-7-14)9-4-5-9/h1-3,8-9,12,14H,4-7H2. The second-order valence-electron chi connectivity index (χ2n) is 4.01. The van der Waals surface area contributed by atoms with Crippen molar-refractivity contribution in [1.29, 1.82) is 0 Å². The zero-order chi connectivity index (χ0) is 9.97. The molecule has 2 rings (SSSR count). The Kier molecular flexibility index (Phi) is 3.09. The van der Waals surface area contributed by atoms with Crippen molar-refractivity contribution >= 4 is 11.6 Å². The molecule has 0 saturated heterocycles. The van der Waals surface area contributed by atoms with Crippen LogP contribution in [-0.2, 0) is 0 Å². The van der Waals surface area contributed by atoms with Crippen molar-refractivity contribution in [3.63, 3.8) is 0 Å². The molecule has 1 nitrogen and oxygen atoms in total. The maximum absolute atomic E-state index is 9.01. The molecule has 14 heavy (non-hydrogen) atoms. The first-order valence-electron chi connectivity index (χ1n) is 5.17. The first-order chi connectivity index (χ1) is 6.81. The van der Waals surface area contributed by atoms with Crippen LogP contribution < -0.4 is 0 Å². The largest absolute Gasteiger partial charge is 0.396 e. The van der Waals surface area contributed by atoms with Crippen LogP contribution >= 0.6 is 11.6 Å². The lowest BCUT2D eigenvalue weighted by atomic mass is 9.91. The van der Waals surface area contributed by atoms with E-state index in [0.29, 0.717) is 5.92 Å². The number of benzene rings is 1. The summed E-state index contributed by atoms with van der Waals surface area (Å²) < 4.78 is 0. The number of hydrogen-bond acceptors (Lipinski definition) is 1. The zero-order valence-electron chi connectivity index (χ0n) is 8.12. The molecule has 1 aromatic rings. The van der Waals surface area contributed by atoms with Gasteiger partial charge in [0.1, 0.15) is 0 Å². The smallest absolute Gasteiger partial charge is 0.0436 e. The molecule has 1 atom stereocenters. The highest BCUT2D eigenvalue weighted by molar-refractivity contribution is 6.30. The third-order valence-electron chi connectivity index (χ3n) is 2.91. The lowest BCUT2D eigenvalue weighted by Crippen LogP contribution is -2.03. The van der Waals surface area contributed by atoms with Crippen molar-refractivity contribution in [2.24, 2.45) is 5.92 Å². The molecular weight excluding hydrogens is 196 g/mol. The van der Waals surface area contributed by atoms with Gasteiger partial charge in [-0.15, -0.1) is 0 Å². The molecule has 0 aliphatic heterocycles. The third kappa shape index (κ3) is 2.28. The summed E-state index contributed by atoms with van der Waals surface area (Å²) in [6.45, 7) is 0.272. The summed E-state index contributed by atoms with van der Waals surface area (Å²) >= 11 is 5.95. The fourth-order valence-corrected chi connectivity index (χ4v) is 2.25. The summed E-state index contributed by atoms with van der Waals surface area (Å²) in [5.74, 6) is 1.29. The van der Waals surface area contributed by atoms with E-state index in [1.807, 2.05) is 18.2 Å². The Morgan fingerprint density at radius 1 is 1.43 bits per heavy atom. The molecule has 1 saturated carbocycles. The Labute approximate surface area is 89.7 Å². The first-order valence-corrected chi connectivity index (χ1v) is 5.55. The normalized spacial score (nSPS) is 18.1. The van der Waals surface area contributed by atoms with E-state index in [1.165, 1.54) is 18.4 Å². The highest BCUT2D eigenvalue weighted by Gasteiger charge is 2.31. The summed E-state index contributed by atoms with van der Waals surface area (Å²) in [4.78, 5) is 0. The van der Waals surface area contributed by atoms with E-state index in [2.05, 4.69) is 6.07 Å². The van der Waals surface area contributed by atoms with E-state index >= 15 is 0 Å². The first kappa shape index (κ1) is 10.0. The van der Waals surface area contributed by atoms with Crippen LogP contribution in [0.15, 0.2) is 24.3 Å². The predicted octanol–water partition coefficient (Wildman–Crippen LogP) is 3.22. The Bertz CT molecular complexity index is 307. The number of halogens is 1. The fourth-order valence-electron chi connectivity index (χ4n) is 2.05. The molecule has 1 fully saturated rings. The van der Waals surface area contributed by atoms with Crippen LogP contribution in [0.5, 0.6) is 0 Å². The topological polar surface area (TPSA) is 20.2 Å². The maximum Gasteiger partial charge on any atom is 0.0436 e. The van der Waals surface area contributed by atoms with Crippen molar-refractivity contribution < 1.29 is 5.11 Å². The third-order valence-corrected chi connectivity index (χ3v) is 3.14. The van der Waals surface area contributed by atoms with Crippen molar-refractivity contribution in [1.82, 2.24) is 0 Å². The number of rotatable bonds is 4. The highest BCUT2D eigenvalue weighted by atomic mass is 35.5. The van der Waals surface area contributed by atoms with Crippen molar-refractivity contribution in [3.05, 3.63) is 34.9 Å². The second-order valence-corrected chi connectivity index (χ2v) is 4.45. The average molecular weight is 211 g/mol. The van der Waals surface area contributed by atoms with Crippen LogP contribution in [0.4, 0.5) is 0 Å². The van der Waals surface area contributed by atoms with Gasteiger partial charge in [0, 0.05) is 11.6 Å². The Balaban J connectivity index is 2.16. The highest BCUT2D eigenvalue weighted by Crippen LogP contribution is 2.44. The van der Waals surface area contributed by atoms with E-state index in [1.54, 1.807) is 0 Å². The molecule has 0 bridgehead atoms. The summed E-state index contributed by atoms with van der Waals surface area (Å²) in [6, 6.07) is 8.03. The summed E-state index contributed by atoms with van der Waals surface area (Å²) in [6.07, 6.45) is 3.47. The van der Waals surface area contributed by atoms with Crippen molar-refractivity contribution in [3.8, 4) is 0 Å². The Morgan fingerprint density at radius 3 is 2.79 bits per heavy atom. The molecule has 0 spiro atoms. The van der Waals surface area contributed by atoms with Crippen molar-refractivity contribution in [2.45, 2.75) is 25.2 Å². The zero-order valence-corrected chi connectivity index (χ0v) is 8.87. The summed E-state index contributed by atoms with van der Waals surface area (Å²) in [5.41, 5.74) is 1.29. The predicted molar refractivity (Wildman–Crippen MR) is 58.6 cm³/mol. The molecule has 0 heterocycles. The average Bonchev–Trinajstić information content (AvgIpc) is 2.97. The molecule has 0 aromatic heterocycles. The van der Waals surface area contributed by atoms with Crippen LogP contribution in [0.2, 0.25) is 5.02 Å². The summed E-state index contributed by atoms with van der Waals surface area (Å²) in [7, 11) is 0. The lowest BCUT2D eigenvalue weighted by Gasteiger charge is -2.15. The van der Waals surface area contributed by atoms with E-state index < -0.39 is 0 Å². The lowest BCUT2D eigenvalue weighted by molar-refractivity contribution is 0.270. The van der Waals surface area contributed by atoms with Crippen LogP contribution in [0.1, 0.15) is 30.7 Å². The second kappa shape index (κ2) is 4.33. The Hall–Kier alpha value is -0.530. The molecule has 76 valence electrons. The SMILES string of the molecule is OCCC(c1cccc(Cl)c1)C1CC1. The molecule has 1 aliphatic rings. The van der Waals surface area contributed by atoms with Crippen LogP contribution in [0.3, 0.4) is 0 Å². The molecule has 2 heteroatoms. The number of aliphatic hydroxyl groups excluding tert-OH is 1. The van der Waals surface area contributed by atoms with Crippen LogP contribution in [0, 0.1) is 5.92 Å². The number of hydrogen-bond donors (Lipinski definition) is 1.